The second kappa shape index (κ2) is 6.28. The summed E-state index contributed by atoms with van der Waals surface area (Å²) in [5, 5.41) is 3.52. The van der Waals surface area contributed by atoms with Crippen LogP contribution in [0.5, 0.6) is 0 Å². The zero-order valence-corrected chi connectivity index (χ0v) is 13.2. The molecule has 0 saturated heterocycles. The molecule has 3 rings (SSSR count). The molecule has 120 valence electrons. The van der Waals surface area contributed by atoms with E-state index in [0.717, 1.165) is 37.0 Å². The Morgan fingerprint density at radius 1 is 1.09 bits per heavy atom. The van der Waals surface area contributed by atoms with Crippen molar-refractivity contribution in [3.05, 3.63) is 70.2 Å². The standard InChI is InChI=1S/C18H16ClF2NO/c19-14-5-3-13(4-6-14)18(8-1-9-18)11-22-17(23)12-2-7-15(20)16(21)10-12/h2-7,10H,1,8-9,11H2,(H,22,23). The summed E-state index contributed by atoms with van der Waals surface area (Å²) in [7, 11) is 0. The lowest BCUT2D eigenvalue weighted by molar-refractivity contribution is 0.0927. The summed E-state index contributed by atoms with van der Waals surface area (Å²) in [5.74, 6) is -2.38. The molecular formula is C18H16ClF2NO. The Morgan fingerprint density at radius 3 is 2.35 bits per heavy atom. The molecular weight excluding hydrogens is 320 g/mol. The van der Waals surface area contributed by atoms with Crippen molar-refractivity contribution in [2.24, 2.45) is 0 Å². The molecule has 0 radical (unpaired) electrons. The molecule has 0 unspecified atom stereocenters. The Kier molecular flexibility index (Phi) is 4.35. The molecule has 1 fully saturated rings. The van der Waals surface area contributed by atoms with E-state index in [2.05, 4.69) is 5.32 Å². The molecule has 0 aromatic heterocycles. The van der Waals surface area contributed by atoms with E-state index >= 15 is 0 Å². The van der Waals surface area contributed by atoms with Crippen molar-refractivity contribution in [1.82, 2.24) is 5.32 Å². The third kappa shape index (κ3) is 3.22. The van der Waals surface area contributed by atoms with Gasteiger partial charge in [0.25, 0.3) is 5.91 Å². The van der Waals surface area contributed by atoms with E-state index in [9.17, 15) is 13.6 Å². The number of nitrogens with one attached hydrogen (secondary N) is 1. The van der Waals surface area contributed by atoms with Crippen molar-refractivity contribution >= 4 is 17.5 Å². The molecule has 0 atom stereocenters. The molecule has 1 aliphatic carbocycles. The quantitative estimate of drug-likeness (QED) is 0.877. The van der Waals surface area contributed by atoms with Gasteiger partial charge in [-0.1, -0.05) is 30.2 Å². The van der Waals surface area contributed by atoms with Crippen LogP contribution in [0.25, 0.3) is 0 Å². The van der Waals surface area contributed by atoms with Gasteiger partial charge in [-0.15, -0.1) is 0 Å². The Bertz CT molecular complexity index is 726. The van der Waals surface area contributed by atoms with Gasteiger partial charge in [0.05, 0.1) is 0 Å². The van der Waals surface area contributed by atoms with Gasteiger partial charge in [-0.3, -0.25) is 4.79 Å². The van der Waals surface area contributed by atoms with Gasteiger partial charge in [0.2, 0.25) is 0 Å². The summed E-state index contributed by atoms with van der Waals surface area (Å²) in [4.78, 5) is 12.2. The van der Waals surface area contributed by atoms with Crippen LogP contribution in [-0.2, 0) is 5.41 Å². The number of benzene rings is 2. The number of halogens is 3. The molecule has 5 heteroatoms. The van der Waals surface area contributed by atoms with E-state index in [1.165, 1.54) is 6.07 Å². The minimum absolute atomic E-state index is 0.0984. The highest BCUT2D eigenvalue weighted by Gasteiger charge is 2.38. The predicted molar refractivity (Wildman–Crippen MR) is 85.7 cm³/mol. The first-order chi connectivity index (χ1) is 11.0. The summed E-state index contributed by atoms with van der Waals surface area (Å²) in [6.07, 6.45) is 3.06. The van der Waals surface area contributed by atoms with Gasteiger partial charge in [-0.2, -0.15) is 0 Å². The molecule has 2 aromatic carbocycles. The van der Waals surface area contributed by atoms with Crippen LogP contribution in [0.4, 0.5) is 8.78 Å². The molecule has 0 heterocycles. The molecule has 1 saturated carbocycles. The van der Waals surface area contributed by atoms with Crippen molar-refractivity contribution in [2.75, 3.05) is 6.54 Å². The fourth-order valence-corrected chi connectivity index (χ4v) is 3.09. The van der Waals surface area contributed by atoms with Crippen LogP contribution in [-0.4, -0.2) is 12.5 Å². The molecule has 0 aliphatic heterocycles. The third-order valence-corrected chi connectivity index (χ3v) is 4.79. The average molecular weight is 336 g/mol. The summed E-state index contributed by atoms with van der Waals surface area (Å²) < 4.78 is 26.2. The molecule has 1 aliphatic rings. The maximum Gasteiger partial charge on any atom is 0.251 e. The van der Waals surface area contributed by atoms with Crippen LogP contribution in [0.3, 0.4) is 0 Å². The monoisotopic (exact) mass is 335 g/mol. The zero-order chi connectivity index (χ0) is 16.4. The van der Waals surface area contributed by atoms with Gasteiger partial charge in [0.1, 0.15) is 0 Å². The fourth-order valence-electron chi connectivity index (χ4n) is 2.96. The maximum atomic E-state index is 13.2. The zero-order valence-electron chi connectivity index (χ0n) is 12.4. The summed E-state index contributed by atoms with van der Waals surface area (Å²) in [5.41, 5.74) is 1.16. The highest BCUT2D eigenvalue weighted by molar-refractivity contribution is 6.30. The van der Waals surface area contributed by atoms with Gasteiger partial charge in [-0.05, 0) is 48.7 Å². The lowest BCUT2D eigenvalue weighted by Crippen LogP contribution is -2.45. The second-order valence-electron chi connectivity index (χ2n) is 5.95. The van der Waals surface area contributed by atoms with Crippen molar-refractivity contribution < 1.29 is 13.6 Å². The van der Waals surface area contributed by atoms with Gasteiger partial charge in [0, 0.05) is 22.5 Å². The third-order valence-electron chi connectivity index (χ3n) is 4.54. The van der Waals surface area contributed by atoms with Crippen molar-refractivity contribution in [3.63, 3.8) is 0 Å². The predicted octanol–water partition coefficient (Wildman–Crippen LogP) is 4.47. The largest absolute Gasteiger partial charge is 0.351 e. The minimum Gasteiger partial charge on any atom is -0.351 e. The Morgan fingerprint density at radius 2 is 1.78 bits per heavy atom. The first kappa shape index (κ1) is 15.9. The van der Waals surface area contributed by atoms with Crippen LogP contribution < -0.4 is 5.32 Å². The lowest BCUT2D eigenvalue weighted by Gasteiger charge is -2.42. The normalized spacial score (nSPS) is 15.8. The van der Waals surface area contributed by atoms with Crippen LogP contribution in [0.2, 0.25) is 5.02 Å². The van der Waals surface area contributed by atoms with E-state index in [1.54, 1.807) is 0 Å². The molecule has 2 nitrogen and oxygen atoms in total. The van der Waals surface area contributed by atoms with Crippen LogP contribution >= 0.6 is 11.6 Å². The number of carbonyl (C=O) groups is 1. The van der Waals surface area contributed by atoms with E-state index in [0.29, 0.717) is 11.6 Å². The van der Waals surface area contributed by atoms with Gasteiger partial charge >= 0.3 is 0 Å². The number of hydrogen-bond donors (Lipinski definition) is 1. The highest BCUT2D eigenvalue weighted by Crippen LogP contribution is 2.43. The fraction of sp³-hybridized carbons (Fsp3) is 0.278. The topological polar surface area (TPSA) is 29.1 Å². The number of rotatable bonds is 4. The molecule has 2 aromatic rings. The average Bonchev–Trinajstić information content (AvgIpc) is 2.50. The summed E-state index contributed by atoms with van der Waals surface area (Å²) in [6, 6.07) is 10.8. The van der Waals surface area contributed by atoms with Gasteiger partial charge in [-0.25, -0.2) is 8.78 Å². The van der Waals surface area contributed by atoms with Gasteiger partial charge in [0.15, 0.2) is 11.6 Å². The lowest BCUT2D eigenvalue weighted by atomic mass is 9.64. The number of carbonyl (C=O) groups excluding carboxylic acids is 1. The van der Waals surface area contributed by atoms with Crippen molar-refractivity contribution in [3.8, 4) is 0 Å². The number of amides is 1. The van der Waals surface area contributed by atoms with Crippen LogP contribution in [0, 0.1) is 11.6 Å². The molecule has 0 bridgehead atoms. The molecule has 1 N–H and O–H groups in total. The maximum absolute atomic E-state index is 13.2. The smallest absolute Gasteiger partial charge is 0.251 e. The van der Waals surface area contributed by atoms with E-state index < -0.39 is 17.5 Å². The summed E-state index contributed by atoms with van der Waals surface area (Å²) >= 11 is 5.92. The highest BCUT2D eigenvalue weighted by atomic mass is 35.5. The van der Waals surface area contributed by atoms with E-state index in [1.807, 2.05) is 24.3 Å². The van der Waals surface area contributed by atoms with Crippen LogP contribution in [0.15, 0.2) is 42.5 Å². The Hall–Kier alpha value is -1.94. The van der Waals surface area contributed by atoms with E-state index in [4.69, 9.17) is 11.6 Å². The second-order valence-corrected chi connectivity index (χ2v) is 6.39. The molecule has 23 heavy (non-hydrogen) atoms. The minimum atomic E-state index is -1.02. The van der Waals surface area contributed by atoms with Gasteiger partial charge < -0.3 is 5.32 Å². The molecule has 1 amide bonds. The van der Waals surface area contributed by atoms with Crippen molar-refractivity contribution in [1.29, 1.82) is 0 Å². The number of hydrogen-bond acceptors (Lipinski definition) is 1. The van der Waals surface area contributed by atoms with Crippen LogP contribution in [0.1, 0.15) is 35.2 Å². The Labute approximate surface area is 138 Å². The molecule has 0 spiro atoms. The first-order valence-electron chi connectivity index (χ1n) is 7.49. The SMILES string of the molecule is O=C(NCC1(c2ccc(Cl)cc2)CCC1)c1ccc(F)c(F)c1. The summed E-state index contributed by atoms with van der Waals surface area (Å²) in [6.45, 7) is 0.465. The van der Waals surface area contributed by atoms with Crippen molar-refractivity contribution in [2.45, 2.75) is 24.7 Å². The van der Waals surface area contributed by atoms with E-state index in [-0.39, 0.29) is 11.0 Å². The Balaban J connectivity index is 1.71. The first-order valence-corrected chi connectivity index (χ1v) is 7.87.